The zero-order chi connectivity index (χ0) is 15.9. The molecule has 1 aromatic carbocycles. The fourth-order valence-corrected chi connectivity index (χ4v) is 5.67. The van der Waals surface area contributed by atoms with Gasteiger partial charge in [-0.3, -0.25) is 4.79 Å². The Morgan fingerprint density at radius 2 is 2.09 bits per heavy atom. The molecule has 1 aliphatic heterocycles. The third kappa shape index (κ3) is 2.56. The normalized spacial score (nSPS) is 22.0. The molecule has 3 nitrogen and oxygen atoms in total. The number of nitrogens with one attached hydrogen (secondary N) is 1. The van der Waals surface area contributed by atoms with Crippen molar-refractivity contribution in [3.63, 3.8) is 0 Å². The molecule has 4 rings (SSSR count). The smallest absolute Gasteiger partial charge is 0.262 e. The number of nitrogens with zero attached hydrogens (tertiary/aromatic N) is 1. The summed E-state index contributed by atoms with van der Waals surface area (Å²) in [5.41, 5.74) is 3.17. The van der Waals surface area contributed by atoms with Crippen molar-refractivity contribution in [1.82, 2.24) is 5.32 Å². The molecule has 116 valence electrons. The van der Waals surface area contributed by atoms with Crippen molar-refractivity contribution in [3.8, 4) is 16.5 Å². The highest BCUT2D eigenvalue weighted by molar-refractivity contribution is 7.99. The molecule has 5 heteroatoms. The molecule has 2 aromatic rings. The fraction of sp³-hybridized carbons (Fsp3) is 0.333. The molecule has 1 amide bonds. The number of carbonyl (C=O) groups excluding carboxylic acids is 1. The number of benzene rings is 1. The quantitative estimate of drug-likeness (QED) is 0.908. The molecule has 1 fully saturated rings. The first-order valence-electron chi connectivity index (χ1n) is 7.73. The number of nitriles is 1. The maximum absolute atomic E-state index is 12.6. The van der Waals surface area contributed by atoms with E-state index in [1.165, 1.54) is 21.6 Å². The van der Waals surface area contributed by atoms with E-state index in [2.05, 4.69) is 29.6 Å². The minimum absolute atomic E-state index is 0.106. The van der Waals surface area contributed by atoms with Crippen LogP contribution in [0, 0.1) is 11.3 Å². The molecule has 1 N–H and O–H groups in total. The Balaban J connectivity index is 1.64. The summed E-state index contributed by atoms with van der Waals surface area (Å²) >= 11 is 3.28. The van der Waals surface area contributed by atoms with Gasteiger partial charge >= 0.3 is 0 Å². The van der Waals surface area contributed by atoms with Gasteiger partial charge in [0.15, 0.2) is 0 Å². The molecular formula is C18H16N2OS2. The molecule has 2 aliphatic rings. The average Bonchev–Trinajstić information content (AvgIpc) is 3.22. The summed E-state index contributed by atoms with van der Waals surface area (Å²) < 4.78 is 0. The minimum atomic E-state index is -0.690. The van der Waals surface area contributed by atoms with Gasteiger partial charge in [0.1, 0.15) is 5.54 Å². The van der Waals surface area contributed by atoms with Crippen LogP contribution in [-0.4, -0.2) is 23.0 Å². The SMILES string of the molecule is N#C[C@]1(NC(=O)c2cc3c(s2)-c2ccccc2CC3)CCSC1. The van der Waals surface area contributed by atoms with Crippen LogP contribution in [0.1, 0.15) is 27.2 Å². The lowest BCUT2D eigenvalue weighted by atomic mass is 9.91. The molecule has 1 aromatic heterocycles. The van der Waals surface area contributed by atoms with Crippen molar-refractivity contribution in [2.24, 2.45) is 0 Å². The van der Waals surface area contributed by atoms with Gasteiger partial charge in [-0.05, 0) is 47.8 Å². The summed E-state index contributed by atoms with van der Waals surface area (Å²) in [5, 5.41) is 12.4. The molecule has 0 unspecified atom stereocenters. The molecular weight excluding hydrogens is 324 g/mol. The Labute approximate surface area is 143 Å². The zero-order valence-corrected chi connectivity index (χ0v) is 14.2. The number of amides is 1. The van der Waals surface area contributed by atoms with Crippen molar-refractivity contribution in [2.45, 2.75) is 24.8 Å². The first-order valence-corrected chi connectivity index (χ1v) is 9.70. The zero-order valence-electron chi connectivity index (χ0n) is 12.6. The van der Waals surface area contributed by atoms with E-state index in [4.69, 9.17) is 0 Å². The van der Waals surface area contributed by atoms with Gasteiger partial charge in [-0.25, -0.2) is 0 Å². The van der Waals surface area contributed by atoms with Crippen LogP contribution in [0.25, 0.3) is 10.4 Å². The van der Waals surface area contributed by atoms with E-state index in [0.717, 1.165) is 29.9 Å². The van der Waals surface area contributed by atoms with Crippen LogP contribution < -0.4 is 5.32 Å². The fourth-order valence-electron chi connectivity index (χ4n) is 3.24. The molecule has 0 spiro atoms. The molecule has 0 saturated carbocycles. The Kier molecular flexibility index (Phi) is 3.67. The predicted molar refractivity (Wildman–Crippen MR) is 94.9 cm³/mol. The van der Waals surface area contributed by atoms with Gasteiger partial charge in [-0.15, -0.1) is 11.3 Å². The monoisotopic (exact) mass is 340 g/mol. The minimum Gasteiger partial charge on any atom is -0.332 e. The summed E-state index contributed by atoms with van der Waals surface area (Å²) in [7, 11) is 0. The first-order chi connectivity index (χ1) is 11.2. The largest absolute Gasteiger partial charge is 0.332 e. The number of rotatable bonds is 2. The summed E-state index contributed by atoms with van der Waals surface area (Å²) in [6.45, 7) is 0. The van der Waals surface area contributed by atoms with Crippen LogP contribution in [0.2, 0.25) is 0 Å². The maximum Gasteiger partial charge on any atom is 0.262 e. The number of fused-ring (bicyclic) bond motifs is 3. The van der Waals surface area contributed by atoms with Gasteiger partial charge in [0.25, 0.3) is 5.91 Å². The molecule has 1 aliphatic carbocycles. The van der Waals surface area contributed by atoms with Gasteiger partial charge < -0.3 is 5.32 Å². The molecule has 2 heterocycles. The van der Waals surface area contributed by atoms with E-state index in [1.807, 2.05) is 12.1 Å². The van der Waals surface area contributed by atoms with Crippen molar-refractivity contribution in [3.05, 3.63) is 46.3 Å². The van der Waals surface area contributed by atoms with Gasteiger partial charge in [0.05, 0.1) is 10.9 Å². The topological polar surface area (TPSA) is 52.9 Å². The third-order valence-corrected chi connectivity index (χ3v) is 6.95. The van der Waals surface area contributed by atoms with Crippen LogP contribution in [0.3, 0.4) is 0 Å². The highest BCUT2D eigenvalue weighted by Crippen LogP contribution is 2.39. The molecule has 23 heavy (non-hydrogen) atoms. The lowest BCUT2D eigenvalue weighted by Crippen LogP contribution is -2.47. The highest BCUT2D eigenvalue weighted by Gasteiger charge is 2.36. The second-order valence-electron chi connectivity index (χ2n) is 6.07. The lowest BCUT2D eigenvalue weighted by Gasteiger charge is -2.20. The first kappa shape index (κ1) is 14.8. The number of thioether (sulfide) groups is 1. The Morgan fingerprint density at radius 3 is 2.87 bits per heavy atom. The van der Waals surface area contributed by atoms with E-state index >= 15 is 0 Å². The maximum atomic E-state index is 12.6. The van der Waals surface area contributed by atoms with Crippen molar-refractivity contribution >= 4 is 29.0 Å². The van der Waals surface area contributed by atoms with Crippen LogP contribution in [0.15, 0.2) is 30.3 Å². The summed E-state index contributed by atoms with van der Waals surface area (Å²) in [6.07, 6.45) is 2.74. The molecule has 1 saturated heterocycles. The number of hydrogen-bond donors (Lipinski definition) is 1. The van der Waals surface area contributed by atoms with Gasteiger partial charge in [-0.1, -0.05) is 24.3 Å². The summed E-state index contributed by atoms with van der Waals surface area (Å²) in [5.74, 6) is 1.51. The van der Waals surface area contributed by atoms with Crippen LogP contribution in [-0.2, 0) is 12.8 Å². The predicted octanol–water partition coefficient (Wildman–Crippen LogP) is 3.64. The number of carbonyl (C=O) groups is 1. The Bertz CT molecular complexity index is 813. The Hall–Kier alpha value is -1.77. The molecule has 0 radical (unpaired) electrons. The number of thiophene rings is 1. The molecule has 0 bridgehead atoms. The van der Waals surface area contributed by atoms with E-state index in [1.54, 1.807) is 23.1 Å². The van der Waals surface area contributed by atoms with Gasteiger partial charge in [0.2, 0.25) is 0 Å². The highest BCUT2D eigenvalue weighted by atomic mass is 32.2. The van der Waals surface area contributed by atoms with E-state index < -0.39 is 5.54 Å². The van der Waals surface area contributed by atoms with Gasteiger partial charge in [-0.2, -0.15) is 17.0 Å². The van der Waals surface area contributed by atoms with E-state index in [0.29, 0.717) is 5.75 Å². The lowest BCUT2D eigenvalue weighted by molar-refractivity contribution is 0.0930. The van der Waals surface area contributed by atoms with Gasteiger partial charge in [0, 0.05) is 10.6 Å². The van der Waals surface area contributed by atoms with Crippen molar-refractivity contribution < 1.29 is 4.79 Å². The van der Waals surface area contributed by atoms with Crippen molar-refractivity contribution in [1.29, 1.82) is 5.26 Å². The second-order valence-corrected chi connectivity index (χ2v) is 8.23. The summed E-state index contributed by atoms with van der Waals surface area (Å²) in [4.78, 5) is 14.6. The van der Waals surface area contributed by atoms with Crippen LogP contribution >= 0.6 is 23.1 Å². The number of hydrogen-bond acceptors (Lipinski definition) is 4. The van der Waals surface area contributed by atoms with Crippen LogP contribution in [0.4, 0.5) is 0 Å². The van der Waals surface area contributed by atoms with Crippen LogP contribution in [0.5, 0.6) is 0 Å². The Morgan fingerprint density at radius 1 is 1.26 bits per heavy atom. The average molecular weight is 340 g/mol. The summed E-state index contributed by atoms with van der Waals surface area (Å²) in [6, 6.07) is 12.7. The standard InChI is InChI=1S/C18H16N2OS2/c19-10-18(7-8-22-11-18)20-17(21)15-9-13-6-5-12-3-1-2-4-14(12)16(13)23-15/h1-4,9H,5-8,11H2,(H,20,21)/t18-/m1/s1. The molecule has 1 atom stereocenters. The second kappa shape index (κ2) is 5.70. The number of aryl methyl sites for hydroxylation is 2. The third-order valence-electron chi connectivity index (χ3n) is 4.55. The van der Waals surface area contributed by atoms with E-state index in [9.17, 15) is 10.1 Å². The van der Waals surface area contributed by atoms with E-state index in [-0.39, 0.29) is 5.91 Å². The van der Waals surface area contributed by atoms with Crippen molar-refractivity contribution in [2.75, 3.05) is 11.5 Å².